The smallest absolute Gasteiger partial charge is 0.302 e. The molecule has 250 valence electrons. The lowest BCUT2D eigenvalue weighted by atomic mass is 9.99. The van der Waals surface area contributed by atoms with Crippen molar-refractivity contribution in [2.24, 2.45) is 0 Å². The number of benzene rings is 2. The number of aliphatic hydroxyl groups is 6. The number of aromatic hydroxyl groups is 3. The number of hydrogen-bond donors (Lipinski definition) is 9. The highest BCUT2D eigenvalue weighted by atomic mass is 16.7. The quantitative estimate of drug-likeness (QED) is 0.104. The van der Waals surface area contributed by atoms with Crippen molar-refractivity contribution < 1.29 is 78.9 Å². The van der Waals surface area contributed by atoms with Gasteiger partial charge in [-0.1, -0.05) is 0 Å². The average Bonchev–Trinajstić information content (AvgIpc) is 3.00. The van der Waals surface area contributed by atoms with E-state index in [1.807, 2.05) is 0 Å². The van der Waals surface area contributed by atoms with Crippen LogP contribution in [0.2, 0.25) is 0 Å². The minimum atomic E-state index is -1.96. The van der Waals surface area contributed by atoms with E-state index < -0.39 is 114 Å². The van der Waals surface area contributed by atoms with Gasteiger partial charge in [-0.2, -0.15) is 0 Å². The molecule has 0 radical (unpaired) electrons. The molecule has 2 aliphatic heterocycles. The van der Waals surface area contributed by atoms with Gasteiger partial charge >= 0.3 is 5.97 Å². The van der Waals surface area contributed by atoms with E-state index in [1.54, 1.807) is 0 Å². The van der Waals surface area contributed by atoms with Crippen LogP contribution in [-0.2, 0) is 19.0 Å². The number of fused-ring (bicyclic) bond motifs is 1. The van der Waals surface area contributed by atoms with E-state index in [2.05, 4.69) is 0 Å². The molecule has 0 bridgehead atoms. The summed E-state index contributed by atoms with van der Waals surface area (Å²) in [5.74, 6) is -3.96. The molecule has 17 heteroatoms. The molecule has 0 amide bonds. The van der Waals surface area contributed by atoms with Crippen molar-refractivity contribution in [1.29, 1.82) is 0 Å². The third-order valence-electron chi connectivity index (χ3n) is 7.56. The largest absolute Gasteiger partial charge is 0.507 e. The summed E-state index contributed by atoms with van der Waals surface area (Å²) < 4.78 is 33.0. The molecule has 3 heterocycles. The van der Waals surface area contributed by atoms with Crippen LogP contribution in [0.5, 0.6) is 28.7 Å². The first kappa shape index (κ1) is 33.2. The zero-order valence-electron chi connectivity index (χ0n) is 24.2. The number of ether oxygens (including phenoxy) is 5. The summed E-state index contributed by atoms with van der Waals surface area (Å²) in [6.07, 6.45) is -16.1. The van der Waals surface area contributed by atoms with Crippen LogP contribution in [-0.4, -0.2) is 120 Å². The van der Waals surface area contributed by atoms with Gasteiger partial charge in [0.05, 0.1) is 6.10 Å². The number of phenolic OH excluding ortho intramolecular Hbond substituents is 3. The summed E-state index contributed by atoms with van der Waals surface area (Å²) in [6, 6.07) is 5.40. The number of hydrogen-bond acceptors (Lipinski definition) is 17. The summed E-state index contributed by atoms with van der Waals surface area (Å²) in [6.45, 7) is 1.97. The summed E-state index contributed by atoms with van der Waals surface area (Å²) in [5.41, 5.74) is -1.45. The van der Waals surface area contributed by atoms with Crippen LogP contribution in [0.1, 0.15) is 13.8 Å². The number of rotatable bonds is 7. The van der Waals surface area contributed by atoms with E-state index in [0.717, 1.165) is 31.2 Å². The first-order valence-corrected chi connectivity index (χ1v) is 13.9. The molecule has 3 aromatic rings. The Kier molecular flexibility index (Phi) is 9.30. The average molecular weight is 653 g/mol. The van der Waals surface area contributed by atoms with Crippen LogP contribution in [0, 0.1) is 0 Å². The Bertz CT molecular complexity index is 1650. The highest BCUT2D eigenvalue weighted by Crippen LogP contribution is 2.40. The highest BCUT2D eigenvalue weighted by molar-refractivity contribution is 5.88. The lowest BCUT2D eigenvalue weighted by molar-refractivity contribution is -0.278. The molecule has 17 nitrogen and oxygen atoms in total. The lowest BCUT2D eigenvalue weighted by Crippen LogP contribution is -2.60. The molecule has 0 aliphatic carbocycles. The molecular weight excluding hydrogens is 620 g/mol. The third kappa shape index (κ3) is 6.26. The summed E-state index contributed by atoms with van der Waals surface area (Å²) in [5, 5.41) is 92.1. The minimum Gasteiger partial charge on any atom is -0.507 e. The van der Waals surface area contributed by atoms with Crippen LogP contribution >= 0.6 is 0 Å². The Morgan fingerprint density at radius 1 is 0.783 bits per heavy atom. The van der Waals surface area contributed by atoms with E-state index in [1.165, 1.54) is 13.0 Å². The van der Waals surface area contributed by atoms with Gasteiger partial charge in [-0.25, -0.2) is 0 Å². The Labute approximate surface area is 258 Å². The Morgan fingerprint density at radius 3 is 2.09 bits per heavy atom. The molecule has 2 saturated heterocycles. The van der Waals surface area contributed by atoms with Crippen LogP contribution in [0.4, 0.5) is 0 Å². The van der Waals surface area contributed by atoms with Gasteiger partial charge < -0.3 is 74.1 Å². The van der Waals surface area contributed by atoms with E-state index in [0.29, 0.717) is 0 Å². The van der Waals surface area contributed by atoms with E-state index >= 15 is 0 Å². The molecule has 2 fully saturated rings. The fourth-order valence-electron chi connectivity index (χ4n) is 5.00. The number of carbonyl (C=O) groups is 1. The van der Waals surface area contributed by atoms with E-state index in [4.69, 9.17) is 28.1 Å². The van der Waals surface area contributed by atoms with Crippen molar-refractivity contribution in [3.63, 3.8) is 0 Å². The van der Waals surface area contributed by atoms with Gasteiger partial charge in [-0.05, 0) is 25.1 Å². The normalized spacial score (nSPS) is 31.4. The second-order valence-corrected chi connectivity index (χ2v) is 10.8. The van der Waals surface area contributed by atoms with Crippen molar-refractivity contribution in [3.8, 4) is 40.1 Å². The molecular formula is C29H32O17. The molecule has 2 aliphatic rings. The van der Waals surface area contributed by atoms with Gasteiger partial charge in [0.25, 0.3) is 0 Å². The Hall–Kier alpha value is -4.20. The van der Waals surface area contributed by atoms with Crippen LogP contribution in [0.3, 0.4) is 0 Å². The fraction of sp³-hybridized carbons (Fsp3) is 0.448. The molecule has 1 aromatic heterocycles. The first-order chi connectivity index (χ1) is 21.7. The molecule has 0 saturated carbocycles. The predicted molar refractivity (Wildman–Crippen MR) is 150 cm³/mol. The SMILES string of the molecule is CC(=O)OC[C@H]1O[C@H](Oc2c(-c3ccc(O)c(O)c3)oc3cc(O[C@H]4O[C@@H](C)[C@H](O)[C@H](O)[C@H]4O)cc(O)c3c2=O)[C@H](O)[C@H](O)[C@H]1O. The maximum atomic E-state index is 13.9. The Balaban J connectivity index is 1.58. The second kappa shape index (κ2) is 12.9. The maximum absolute atomic E-state index is 13.9. The summed E-state index contributed by atoms with van der Waals surface area (Å²) in [7, 11) is 0. The van der Waals surface area contributed by atoms with Crippen molar-refractivity contribution in [1.82, 2.24) is 0 Å². The minimum absolute atomic E-state index is 0.0607. The molecule has 5 rings (SSSR count). The first-order valence-electron chi connectivity index (χ1n) is 13.9. The molecule has 0 spiro atoms. The monoisotopic (exact) mass is 652 g/mol. The fourth-order valence-corrected chi connectivity index (χ4v) is 5.00. The van der Waals surface area contributed by atoms with Crippen LogP contribution in [0.15, 0.2) is 39.5 Å². The standard InChI is InChI=1S/C29H32O17/c1-9-19(34)22(37)24(39)28(42-9)43-12-6-15(33)18-16(7-12)44-26(11-3-4-13(31)14(32)5-11)27(21(18)36)46-29-25(40)23(38)20(35)17(45-29)8-41-10(2)30/h3-7,9,17,19-20,22-25,28-29,31-35,37-40H,8H2,1-2H3/t9-,17+,19-,20-,22-,23+,24+,25+,28+,29+/m0/s1. The van der Waals surface area contributed by atoms with Crippen molar-refractivity contribution in [3.05, 3.63) is 40.6 Å². The van der Waals surface area contributed by atoms with Crippen molar-refractivity contribution in [2.75, 3.05) is 6.61 Å². The van der Waals surface area contributed by atoms with Crippen molar-refractivity contribution in [2.45, 2.75) is 75.3 Å². The Morgan fingerprint density at radius 2 is 1.43 bits per heavy atom. The van der Waals surface area contributed by atoms with Gasteiger partial charge in [0.2, 0.25) is 23.8 Å². The van der Waals surface area contributed by atoms with Gasteiger partial charge in [0.15, 0.2) is 17.3 Å². The van der Waals surface area contributed by atoms with Crippen LogP contribution in [0.25, 0.3) is 22.3 Å². The van der Waals surface area contributed by atoms with Gasteiger partial charge in [0, 0.05) is 24.6 Å². The number of carbonyl (C=O) groups excluding carboxylic acids is 1. The number of aliphatic hydroxyl groups excluding tert-OH is 6. The van der Waals surface area contributed by atoms with Gasteiger partial charge in [-0.15, -0.1) is 0 Å². The van der Waals surface area contributed by atoms with E-state index in [-0.39, 0.29) is 16.9 Å². The topological polar surface area (TPSA) is 275 Å². The second-order valence-electron chi connectivity index (χ2n) is 10.8. The number of esters is 1. The summed E-state index contributed by atoms with van der Waals surface area (Å²) in [4.78, 5) is 25.1. The lowest BCUT2D eigenvalue weighted by Gasteiger charge is -2.39. The van der Waals surface area contributed by atoms with Gasteiger partial charge in [0.1, 0.15) is 71.8 Å². The molecule has 2 aromatic carbocycles. The number of phenols is 3. The van der Waals surface area contributed by atoms with Crippen molar-refractivity contribution >= 4 is 16.9 Å². The zero-order chi connectivity index (χ0) is 33.6. The maximum Gasteiger partial charge on any atom is 0.302 e. The third-order valence-corrected chi connectivity index (χ3v) is 7.56. The zero-order valence-corrected chi connectivity index (χ0v) is 24.2. The van der Waals surface area contributed by atoms with Crippen LogP contribution < -0.4 is 14.9 Å². The van der Waals surface area contributed by atoms with E-state index in [9.17, 15) is 55.5 Å². The molecule has 10 atom stereocenters. The summed E-state index contributed by atoms with van der Waals surface area (Å²) >= 11 is 0. The highest BCUT2D eigenvalue weighted by Gasteiger charge is 2.46. The predicted octanol–water partition coefficient (Wildman–Crippen LogP) is -1.47. The molecule has 9 N–H and O–H groups in total. The molecule has 46 heavy (non-hydrogen) atoms. The van der Waals surface area contributed by atoms with Gasteiger partial charge in [-0.3, -0.25) is 9.59 Å². The molecule has 0 unspecified atom stereocenters.